The van der Waals surface area contributed by atoms with E-state index in [2.05, 4.69) is 24.3 Å². The van der Waals surface area contributed by atoms with Crippen molar-refractivity contribution in [2.24, 2.45) is 0 Å². The molecule has 0 aliphatic heterocycles. The van der Waals surface area contributed by atoms with Crippen LogP contribution in [-0.2, 0) is 24.8 Å². The Morgan fingerprint density at radius 3 is 1.76 bits per heavy atom. The predicted octanol–water partition coefficient (Wildman–Crippen LogP) is 5.46. The van der Waals surface area contributed by atoms with E-state index in [0.29, 0.717) is 28.4 Å². The van der Waals surface area contributed by atoms with Crippen molar-refractivity contribution in [2.75, 3.05) is 27.4 Å². The van der Waals surface area contributed by atoms with Crippen LogP contribution in [-0.4, -0.2) is 39.4 Å². The van der Waals surface area contributed by atoms with Gasteiger partial charge in [0.25, 0.3) is 0 Å². The Labute approximate surface area is 199 Å². The molecule has 33 heavy (non-hydrogen) atoms. The lowest BCUT2D eigenvalue weighted by molar-refractivity contribution is -0.138. The van der Waals surface area contributed by atoms with Gasteiger partial charge in [0.2, 0.25) is 0 Å². The largest absolute Gasteiger partial charge is 0.496 e. The van der Waals surface area contributed by atoms with Gasteiger partial charge in [-0.25, -0.2) is 9.59 Å². The Hall–Kier alpha value is -3.19. The lowest BCUT2D eigenvalue weighted by atomic mass is 9.98. The van der Waals surface area contributed by atoms with Gasteiger partial charge in [-0.05, 0) is 50.6 Å². The average molecular weight is 471 g/mol. The fourth-order valence-electron chi connectivity index (χ4n) is 3.05. The van der Waals surface area contributed by atoms with E-state index < -0.39 is 11.9 Å². The van der Waals surface area contributed by atoms with Crippen LogP contribution in [0, 0.1) is 6.92 Å². The molecule has 0 amide bonds. The number of ether oxygens (including phenoxy) is 4. The summed E-state index contributed by atoms with van der Waals surface area (Å²) in [5, 5.41) is 0. The topological polar surface area (TPSA) is 71.1 Å². The molecule has 6 nitrogen and oxygen atoms in total. The first-order valence-electron chi connectivity index (χ1n) is 10.6. The molecule has 176 valence electrons. The van der Waals surface area contributed by atoms with Crippen molar-refractivity contribution in [1.29, 1.82) is 0 Å². The number of aryl methyl sites for hydroxylation is 1. The van der Waals surface area contributed by atoms with E-state index in [0.717, 1.165) is 10.5 Å². The predicted molar refractivity (Wildman–Crippen MR) is 132 cm³/mol. The molecule has 0 spiro atoms. The summed E-state index contributed by atoms with van der Waals surface area (Å²) < 4.78 is 21.3. The maximum atomic E-state index is 12.0. The monoisotopic (exact) mass is 470 g/mol. The molecule has 0 aliphatic carbocycles. The third-order valence-electron chi connectivity index (χ3n) is 4.63. The van der Waals surface area contributed by atoms with Gasteiger partial charge in [0, 0.05) is 40.0 Å². The summed E-state index contributed by atoms with van der Waals surface area (Å²) in [5.74, 6) is 0.731. The highest BCUT2D eigenvalue weighted by molar-refractivity contribution is 7.98. The number of carbonyl (C=O) groups excluding carboxylic acids is 2. The van der Waals surface area contributed by atoms with Gasteiger partial charge in [0.1, 0.15) is 11.5 Å². The summed E-state index contributed by atoms with van der Waals surface area (Å²) in [4.78, 5) is 25.0. The molecular formula is C26H30O6S. The van der Waals surface area contributed by atoms with Crippen LogP contribution in [0.4, 0.5) is 0 Å². The minimum Gasteiger partial charge on any atom is -0.496 e. The standard InChI is InChI=1S/C26H30O6S/c1-6-31-25(27)14-12-20-22(17-33-19-10-8-18(3)9-11-19)21(13-15-26(28)32-7-2)24(30-5)16-23(20)29-4/h8-16H,6-7,17H2,1-5H3/b14-12+,15-13+. The van der Waals surface area contributed by atoms with Crippen molar-refractivity contribution in [3.63, 3.8) is 0 Å². The molecule has 7 heteroatoms. The van der Waals surface area contributed by atoms with Gasteiger partial charge in [-0.15, -0.1) is 11.8 Å². The number of methoxy groups -OCH3 is 2. The van der Waals surface area contributed by atoms with Crippen LogP contribution in [0.5, 0.6) is 11.5 Å². The molecule has 0 aromatic heterocycles. The summed E-state index contributed by atoms with van der Waals surface area (Å²) in [6, 6.07) is 9.95. The summed E-state index contributed by atoms with van der Waals surface area (Å²) in [7, 11) is 3.11. The molecule has 0 radical (unpaired) electrons. The van der Waals surface area contributed by atoms with E-state index in [1.165, 1.54) is 17.7 Å². The van der Waals surface area contributed by atoms with Crippen molar-refractivity contribution in [2.45, 2.75) is 31.4 Å². The quantitative estimate of drug-likeness (QED) is 0.245. The molecule has 0 fully saturated rings. The molecule has 0 aliphatic rings. The molecule has 0 saturated carbocycles. The van der Waals surface area contributed by atoms with Crippen molar-refractivity contribution < 1.29 is 28.5 Å². The van der Waals surface area contributed by atoms with Gasteiger partial charge in [0.05, 0.1) is 27.4 Å². The number of rotatable bonds is 11. The van der Waals surface area contributed by atoms with Crippen LogP contribution in [0.2, 0.25) is 0 Å². The Bertz CT molecular complexity index is 954. The van der Waals surface area contributed by atoms with Crippen LogP contribution < -0.4 is 9.47 Å². The Morgan fingerprint density at radius 1 is 0.848 bits per heavy atom. The molecule has 2 aromatic carbocycles. The number of hydrogen-bond acceptors (Lipinski definition) is 7. The third kappa shape index (κ3) is 7.71. The first-order valence-corrected chi connectivity index (χ1v) is 11.6. The normalized spacial score (nSPS) is 11.1. The fourth-order valence-corrected chi connectivity index (χ4v) is 4.00. The second kappa shape index (κ2) is 13.4. The molecule has 0 N–H and O–H groups in total. The minimum atomic E-state index is -0.448. The van der Waals surface area contributed by atoms with Crippen LogP contribution in [0.25, 0.3) is 12.2 Å². The van der Waals surface area contributed by atoms with Gasteiger partial charge in [0.15, 0.2) is 0 Å². The zero-order valence-electron chi connectivity index (χ0n) is 19.7. The minimum absolute atomic E-state index is 0.284. The first kappa shape index (κ1) is 26.1. The number of esters is 2. The van der Waals surface area contributed by atoms with Gasteiger partial charge in [-0.2, -0.15) is 0 Å². The molecule has 0 unspecified atom stereocenters. The van der Waals surface area contributed by atoms with Gasteiger partial charge >= 0.3 is 11.9 Å². The molecule has 2 rings (SSSR count). The summed E-state index contributed by atoms with van der Waals surface area (Å²) in [6.45, 7) is 6.11. The van der Waals surface area contributed by atoms with Crippen molar-refractivity contribution in [1.82, 2.24) is 0 Å². The van der Waals surface area contributed by atoms with E-state index in [1.54, 1.807) is 58.0 Å². The maximum absolute atomic E-state index is 12.0. The number of hydrogen-bond donors (Lipinski definition) is 0. The molecule has 0 heterocycles. The van der Waals surface area contributed by atoms with E-state index >= 15 is 0 Å². The highest BCUT2D eigenvalue weighted by atomic mass is 32.2. The number of carbonyl (C=O) groups is 2. The van der Waals surface area contributed by atoms with Gasteiger partial charge < -0.3 is 18.9 Å². The highest BCUT2D eigenvalue weighted by Crippen LogP contribution is 2.39. The maximum Gasteiger partial charge on any atom is 0.330 e. The third-order valence-corrected chi connectivity index (χ3v) is 5.67. The van der Waals surface area contributed by atoms with Gasteiger partial charge in [-0.1, -0.05) is 17.7 Å². The van der Waals surface area contributed by atoms with Crippen LogP contribution in [0.15, 0.2) is 47.4 Å². The van der Waals surface area contributed by atoms with E-state index in [4.69, 9.17) is 18.9 Å². The SMILES string of the molecule is CCOC(=O)/C=C/c1c(OC)cc(OC)c(/C=C/C(=O)OCC)c1CSc1ccc(C)cc1. The zero-order valence-corrected chi connectivity index (χ0v) is 20.5. The Balaban J connectivity index is 2.60. The molecule has 0 bridgehead atoms. The smallest absolute Gasteiger partial charge is 0.330 e. The molecule has 2 aromatic rings. The highest BCUT2D eigenvalue weighted by Gasteiger charge is 2.18. The number of thioether (sulfide) groups is 1. The second-order valence-electron chi connectivity index (χ2n) is 6.86. The number of benzene rings is 2. The van der Waals surface area contributed by atoms with E-state index in [9.17, 15) is 9.59 Å². The van der Waals surface area contributed by atoms with E-state index in [1.807, 2.05) is 6.92 Å². The zero-order chi connectivity index (χ0) is 24.2. The van der Waals surface area contributed by atoms with Crippen LogP contribution in [0.3, 0.4) is 0 Å². The second-order valence-corrected chi connectivity index (χ2v) is 7.91. The lowest BCUT2D eigenvalue weighted by Gasteiger charge is -2.18. The Morgan fingerprint density at radius 2 is 1.33 bits per heavy atom. The fraction of sp³-hybridized carbons (Fsp3) is 0.308. The van der Waals surface area contributed by atoms with Crippen molar-refractivity contribution in [3.8, 4) is 11.5 Å². The average Bonchev–Trinajstić information content (AvgIpc) is 2.81. The van der Waals surface area contributed by atoms with Crippen molar-refractivity contribution >= 4 is 35.9 Å². The lowest BCUT2D eigenvalue weighted by Crippen LogP contribution is -2.03. The molecule has 0 saturated heterocycles. The summed E-state index contributed by atoms with van der Waals surface area (Å²) in [6.07, 6.45) is 6.07. The van der Waals surface area contributed by atoms with E-state index in [-0.39, 0.29) is 13.2 Å². The first-order chi connectivity index (χ1) is 15.9. The molecule has 0 atom stereocenters. The Kier molecular flexibility index (Phi) is 10.6. The molecular weight excluding hydrogens is 440 g/mol. The van der Waals surface area contributed by atoms with Crippen LogP contribution >= 0.6 is 11.8 Å². The van der Waals surface area contributed by atoms with Crippen molar-refractivity contribution in [3.05, 3.63) is 64.7 Å². The van der Waals surface area contributed by atoms with Crippen LogP contribution in [0.1, 0.15) is 36.1 Å². The van der Waals surface area contributed by atoms with Gasteiger partial charge in [-0.3, -0.25) is 0 Å². The summed E-state index contributed by atoms with van der Waals surface area (Å²) in [5.41, 5.74) is 3.43. The summed E-state index contributed by atoms with van der Waals surface area (Å²) >= 11 is 1.63.